The molecule has 0 aliphatic carbocycles. The summed E-state index contributed by atoms with van der Waals surface area (Å²) in [5.41, 5.74) is 1.19. The standard InChI is InChI=1S/C12H13BrN2OS/c1-2-16-11-4-3-9(7-10(11)13)8-15-12-14-5-6-17-12/h3-7H,2,8H2,1H3,(H,14,15). The van der Waals surface area contributed by atoms with E-state index in [1.54, 1.807) is 17.5 Å². The Morgan fingerprint density at radius 1 is 1.47 bits per heavy atom. The zero-order valence-corrected chi connectivity index (χ0v) is 11.8. The molecule has 0 radical (unpaired) electrons. The van der Waals surface area contributed by atoms with E-state index in [-0.39, 0.29) is 0 Å². The number of hydrogen-bond donors (Lipinski definition) is 1. The highest BCUT2D eigenvalue weighted by atomic mass is 79.9. The van der Waals surface area contributed by atoms with Crippen LogP contribution < -0.4 is 10.1 Å². The van der Waals surface area contributed by atoms with E-state index in [2.05, 4.69) is 38.4 Å². The first-order chi connectivity index (χ1) is 8.29. The fourth-order valence-electron chi connectivity index (χ4n) is 1.42. The van der Waals surface area contributed by atoms with Crippen LogP contribution in [0.1, 0.15) is 12.5 Å². The second-order valence-electron chi connectivity index (χ2n) is 3.39. The third kappa shape index (κ3) is 3.44. The number of thiazole rings is 1. The van der Waals surface area contributed by atoms with Crippen LogP contribution in [0.2, 0.25) is 0 Å². The van der Waals surface area contributed by atoms with Gasteiger partial charge in [-0.3, -0.25) is 0 Å². The Morgan fingerprint density at radius 3 is 3.00 bits per heavy atom. The lowest BCUT2D eigenvalue weighted by atomic mass is 10.2. The molecule has 1 N–H and O–H groups in total. The van der Waals surface area contributed by atoms with Crippen molar-refractivity contribution in [2.45, 2.75) is 13.5 Å². The Labute approximate surface area is 113 Å². The second kappa shape index (κ2) is 6.02. The van der Waals surface area contributed by atoms with Crippen molar-refractivity contribution in [1.29, 1.82) is 0 Å². The van der Waals surface area contributed by atoms with Gasteiger partial charge >= 0.3 is 0 Å². The van der Waals surface area contributed by atoms with Gasteiger partial charge in [0.15, 0.2) is 5.13 Å². The van der Waals surface area contributed by atoms with Gasteiger partial charge in [-0.15, -0.1) is 11.3 Å². The van der Waals surface area contributed by atoms with Gasteiger partial charge in [0.25, 0.3) is 0 Å². The average Bonchev–Trinajstić information content (AvgIpc) is 2.83. The van der Waals surface area contributed by atoms with Crippen molar-refractivity contribution >= 4 is 32.4 Å². The van der Waals surface area contributed by atoms with Crippen LogP contribution in [0, 0.1) is 0 Å². The molecule has 17 heavy (non-hydrogen) atoms. The molecular formula is C12H13BrN2OS. The van der Waals surface area contributed by atoms with Gasteiger partial charge in [-0.1, -0.05) is 6.07 Å². The minimum absolute atomic E-state index is 0.676. The van der Waals surface area contributed by atoms with Gasteiger partial charge in [0, 0.05) is 18.1 Å². The third-order valence-corrected chi connectivity index (χ3v) is 3.52. The lowest BCUT2D eigenvalue weighted by Crippen LogP contribution is -1.99. The number of aromatic nitrogens is 1. The van der Waals surface area contributed by atoms with Crippen LogP contribution in [-0.4, -0.2) is 11.6 Å². The van der Waals surface area contributed by atoms with Gasteiger partial charge in [-0.05, 0) is 40.5 Å². The average molecular weight is 313 g/mol. The van der Waals surface area contributed by atoms with Crippen molar-refractivity contribution in [1.82, 2.24) is 4.98 Å². The van der Waals surface area contributed by atoms with Crippen molar-refractivity contribution in [3.63, 3.8) is 0 Å². The van der Waals surface area contributed by atoms with Gasteiger partial charge in [-0.2, -0.15) is 0 Å². The summed E-state index contributed by atoms with van der Waals surface area (Å²) in [6.45, 7) is 3.41. The van der Waals surface area contributed by atoms with E-state index in [1.165, 1.54) is 5.56 Å². The number of benzene rings is 1. The molecule has 0 aliphatic rings. The lowest BCUT2D eigenvalue weighted by molar-refractivity contribution is 0.338. The summed E-state index contributed by atoms with van der Waals surface area (Å²) in [4.78, 5) is 4.17. The zero-order valence-electron chi connectivity index (χ0n) is 9.44. The molecule has 0 saturated carbocycles. The number of hydrogen-bond acceptors (Lipinski definition) is 4. The fourth-order valence-corrected chi connectivity index (χ4v) is 2.48. The smallest absolute Gasteiger partial charge is 0.182 e. The van der Waals surface area contributed by atoms with E-state index in [0.29, 0.717) is 6.61 Å². The number of anilines is 1. The Hall–Kier alpha value is -1.07. The number of nitrogens with one attached hydrogen (secondary N) is 1. The van der Waals surface area contributed by atoms with E-state index in [1.807, 2.05) is 18.4 Å². The molecule has 90 valence electrons. The quantitative estimate of drug-likeness (QED) is 0.908. The largest absolute Gasteiger partial charge is 0.493 e. The van der Waals surface area contributed by atoms with Gasteiger partial charge in [0.05, 0.1) is 11.1 Å². The summed E-state index contributed by atoms with van der Waals surface area (Å²) < 4.78 is 6.45. The topological polar surface area (TPSA) is 34.1 Å². The Kier molecular flexibility index (Phi) is 4.39. The van der Waals surface area contributed by atoms with Gasteiger partial charge < -0.3 is 10.1 Å². The molecule has 0 unspecified atom stereocenters. The van der Waals surface area contributed by atoms with Gasteiger partial charge in [-0.25, -0.2) is 4.98 Å². The molecule has 0 spiro atoms. The molecule has 1 heterocycles. The minimum atomic E-state index is 0.676. The first-order valence-corrected chi connectivity index (χ1v) is 7.01. The molecule has 0 atom stereocenters. The summed E-state index contributed by atoms with van der Waals surface area (Å²) in [5, 5.41) is 6.16. The monoisotopic (exact) mass is 312 g/mol. The predicted molar refractivity (Wildman–Crippen MR) is 74.8 cm³/mol. The molecule has 2 aromatic rings. The van der Waals surface area contributed by atoms with Crippen LogP contribution >= 0.6 is 27.3 Å². The van der Waals surface area contributed by atoms with E-state index >= 15 is 0 Å². The van der Waals surface area contributed by atoms with Crippen LogP contribution in [-0.2, 0) is 6.54 Å². The van der Waals surface area contributed by atoms with Crippen molar-refractivity contribution in [2.75, 3.05) is 11.9 Å². The maximum absolute atomic E-state index is 5.46. The second-order valence-corrected chi connectivity index (χ2v) is 5.14. The van der Waals surface area contributed by atoms with Gasteiger partial charge in [0.2, 0.25) is 0 Å². The first-order valence-electron chi connectivity index (χ1n) is 5.34. The molecule has 0 amide bonds. The molecule has 2 rings (SSSR count). The Bertz CT molecular complexity index is 473. The van der Waals surface area contributed by atoms with Crippen molar-refractivity contribution in [2.24, 2.45) is 0 Å². The van der Waals surface area contributed by atoms with Crippen molar-refractivity contribution in [3.8, 4) is 5.75 Å². The molecule has 0 bridgehead atoms. The van der Waals surface area contributed by atoms with E-state index in [0.717, 1.165) is 21.9 Å². The molecular weight excluding hydrogens is 300 g/mol. The van der Waals surface area contributed by atoms with E-state index in [4.69, 9.17) is 4.74 Å². The normalized spacial score (nSPS) is 10.2. The number of ether oxygens (including phenoxy) is 1. The molecule has 1 aromatic heterocycles. The predicted octanol–water partition coefficient (Wildman–Crippen LogP) is 3.92. The van der Waals surface area contributed by atoms with Crippen LogP contribution in [0.3, 0.4) is 0 Å². The van der Waals surface area contributed by atoms with Crippen molar-refractivity contribution in [3.05, 3.63) is 39.8 Å². The first kappa shape index (κ1) is 12.4. The SMILES string of the molecule is CCOc1ccc(CNc2nccs2)cc1Br. The van der Waals surface area contributed by atoms with Crippen LogP contribution in [0.15, 0.2) is 34.2 Å². The summed E-state index contributed by atoms with van der Waals surface area (Å²) in [6.07, 6.45) is 1.79. The maximum atomic E-state index is 5.46. The molecule has 3 nitrogen and oxygen atoms in total. The minimum Gasteiger partial charge on any atom is -0.493 e. The molecule has 1 aromatic carbocycles. The summed E-state index contributed by atoms with van der Waals surface area (Å²) in [7, 11) is 0. The molecule has 0 aliphatic heterocycles. The third-order valence-electron chi connectivity index (χ3n) is 2.17. The Morgan fingerprint density at radius 2 is 2.35 bits per heavy atom. The number of nitrogens with zero attached hydrogens (tertiary/aromatic N) is 1. The van der Waals surface area contributed by atoms with Crippen LogP contribution in [0.5, 0.6) is 5.75 Å². The molecule has 0 fully saturated rings. The Balaban J connectivity index is 2.00. The zero-order chi connectivity index (χ0) is 12.1. The fraction of sp³-hybridized carbons (Fsp3) is 0.250. The highest BCUT2D eigenvalue weighted by Gasteiger charge is 2.02. The highest BCUT2D eigenvalue weighted by Crippen LogP contribution is 2.26. The number of rotatable bonds is 5. The number of halogens is 1. The van der Waals surface area contributed by atoms with Crippen LogP contribution in [0.4, 0.5) is 5.13 Å². The lowest BCUT2D eigenvalue weighted by Gasteiger charge is -2.08. The summed E-state index contributed by atoms with van der Waals surface area (Å²) >= 11 is 5.10. The van der Waals surface area contributed by atoms with Crippen LogP contribution in [0.25, 0.3) is 0 Å². The van der Waals surface area contributed by atoms with Crippen molar-refractivity contribution < 1.29 is 4.74 Å². The summed E-state index contributed by atoms with van der Waals surface area (Å²) in [5.74, 6) is 0.880. The summed E-state index contributed by atoms with van der Waals surface area (Å²) in [6, 6.07) is 6.09. The molecule has 0 saturated heterocycles. The van der Waals surface area contributed by atoms with E-state index < -0.39 is 0 Å². The molecule has 5 heteroatoms. The van der Waals surface area contributed by atoms with E-state index in [9.17, 15) is 0 Å². The van der Waals surface area contributed by atoms with Gasteiger partial charge in [0.1, 0.15) is 5.75 Å². The highest BCUT2D eigenvalue weighted by molar-refractivity contribution is 9.10. The maximum Gasteiger partial charge on any atom is 0.182 e.